The van der Waals surface area contributed by atoms with Crippen molar-refractivity contribution in [1.29, 1.82) is 0 Å². The van der Waals surface area contributed by atoms with Gasteiger partial charge in [0.15, 0.2) is 0 Å². The minimum atomic E-state index is 0. The Morgan fingerprint density at radius 3 is 2.26 bits per heavy atom. The lowest BCUT2D eigenvalue weighted by molar-refractivity contribution is -0.133. The number of carbonyl (C=O) groups is 1. The van der Waals surface area contributed by atoms with Crippen LogP contribution in [0.3, 0.4) is 0 Å². The van der Waals surface area contributed by atoms with Crippen LogP contribution in [0.15, 0.2) is 54.6 Å². The lowest BCUT2D eigenvalue weighted by atomic mass is 10.1. The number of carbonyl (C=O) groups excluding carboxylic acids is 1. The minimum Gasteiger partial charge on any atom is -0.399 e. The van der Waals surface area contributed by atoms with Crippen LogP contribution in [0.2, 0.25) is 0 Å². The van der Waals surface area contributed by atoms with Crippen LogP contribution in [-0.2, 0) is 17.8 Å². The van der Waals surface area contributed by atoms with Crippen LogP contribution in [0.5, 0.6) is 0 Å². The molecule has 0 aliphatic rings. The number of hydrogen-bond acceptors (Lipinski definition) is 2. The molecular formula is C19H25ClN2O. The first-order chi connectivity index (χ1) is 10.6. The Labute approximate surface area is 144 Å². The van der Waals surface area contributed by atoms with Gasteiger partial charge in [-0.2, -0.15) is 0 Å². The molecule has 0 radical (unpaired) electrons. The number of nitrogen functional groups attached to an aromatic ring is 1. The van der Waals surface area contributed by atoms with Gasteiger partial charge in [0.05, 0.1) is 0 Å². The van der Waals surface area contributed by atoms with E-state index in [4.69, 9.17) is 5.73 Å². The molecule has 1 amide bonds. The summed E-state index contributed by atoms with van der Waals surface area (Å²) in [5.74, 6) is 0.169. The van der Waals surface area contributed by atoms with Gasteiger partial charge in [0.1, 0.15) is 0 Å². The summed E-state index contributed by atoms with van der Waals surface area (Å²) in [6.07, 6.45) is 1.17. The number of nitrogens with two attached hydrogens (primary N) is 1. The van der Waals surface area contributed by atoms with E-state index in [2.05, 4.69) is 26.0 Å². The summed E-state index contributed by atoms with van der Waals surface area (Å²) in [5, 5.41) is 0. The number of anilines is 1. The topological polar surface area (TPSA) is 46.3 Å². The van der Waals surface area contributed by atoms with Crippen molar-refractivity contribution in [3.63, 3.8) is 0 Å². The second-order valence-electron chi connectivity index (χ2n) is 5.80. The van der Waals surface area contributed by atoms with Crippen molar-refractivity contribution in [2.45, 2.75) is 39.3 Å². The first-order valence-electron chi connectivity index (χ1n) is 7.74. The van der Waals surface area contributed by atoms with Crippen LogP contribution in [-0.4, -0.2) is 16.8 Å². The fourth-order valence-corrected chi connectivity index (χ4v) is 2.49. The van der Waals surface area contributed by atoms with Gasteiger partial charge in [-0.3, -0.25) is 4.79 Å². The lowest BCUT2D eigenvalue weighted by Gasteiger charge is -2.27. The molecule has 0 spiro atoms. The van der Waals surface area contributed by atoms with E-state index in [0.717, 1.165) is 16.8 Å². The number of halogens is 1. The molecule has 0 aliphatic carbocycles. The number of nitrogens with zero attached hydrogens (tertiary/aromatic N) is 1. The monoisotopic (exact) mass is 332 g/mol. The van der Waals surface area contributed by atoms with Gasteiger partial charge in [0.25, 0.3) is 0 Å². The maximum Gasteiger partial charge on any atom is 0.223 e. The fraction of sp³-hybridized carbons (Fsp3) is 0.316. The molecule has 0 aromatic heterocycles. The van der Waals surface area contributed by atoms with Crippen LogP contribution in [0.25, 0.3) is 0 Å². The van der Waals surface area contributed by atoms with E-state index >= 15 is 0 Å². The number of para-hydroxylation sites is 1. The van der Waals surface area contributed by atoms with Crippen LogP contribution in [0, 0.1) is 0 Å². The van der Waals surface area contributed by atoms with Gasteiger partial charge in [-0.15, -0.1) is 12.4 Å². The van der Waals surface area contributed by atoms with E-state index in [-0.39, 0.29) is 24.4 Å². The molecule has 2 rings (SSSR count). The Kier molecular flexibility index (Phi) is 7.63. The van der Waals surface area contributed by atoms with Crippen molar-refractivity contribution in [2.75, 3.05) is 5.73 Å². The van der Waals surface area contributed by atoms with Crippen LogP contribution in [0.4, 0.5) is 5.69 Å². The molecule has 23 heavy (non-hydrogen) atoms. The van der Waals surface area contributed by atoms with Crippen molar-refractivity contribution < 1.29 is 4.79 Å². The molecule has 2 aromatic rings. The number of aryl methyl sites for hydroxylation is 1. The molecular weight excluding hydrogens is 308 g/mol. The maximum atomic E-state index is 12.6. The van der Waals surface area contributed by atoms with Crippen molar-refractivity contribution in [3.05, 3.63) is 65.7 Å². The summed E-state index contributed by atoms with van der Waals surface area (Å²) in [5.41, 5.74) is 8.90. The average molecular weight is 333 g/mol. The number of hydrogen-bond donors (Lipinski definition) is 1. The van der Waals surface area contributed by atoms with Crippen molar-refractivity contribution >= 4 is 24.0 Å². The van der Waals surface area contributed by atoms with E-state index < -0.39 is 0 Å². The van der Waals surface area contributed by atoms with Gasteiger partial charge in [-0.05, 0) is 37.5 Å². The van der Waals surface area contributed by atoms with E-state index in [1.54, 1.807) is 0 Å². The molecule has 0 aliphatic heterocycles. The summed E-state index contributed by atoms with van der Waals surface area (Å²) in [4.78, 5) is 14.5. The second kappa shape index (κ2) is 9.21. The van der Waals surface area contributed by atoms with Gasteiger partial charge in [-0.1, -0.05) is 48.5 Å². The van der Waals surface area contributed by atoms with Gasteiger partial charge in [-0.25, -0.2) is 0 Å². The highest BCUT2D eigenvalue weighted by atomic mass is 35.5. The summed E-state index contributed by atoms with van der Waals surface area (Å²) in [6.45, 7) is 4.76. The van der Waals surface area contributed by atoms with E-state index in [9.17, 15) is 4.79 Å². The molecule has 0 heterocycles. The molecule has 124 valence electrons. The van der Waals surface area contributed by atoms with Crippen molar-refractivity contribution in [2.24, 2.45) is 0 Å². The smallest absolute Gasteiger partial charge is 0.223 e. The highest BCUT2D eigenvalue weighted by Crippen LogP contribution is 2.15. The normalized spacial score (nSPS) is 10.2. The standard InChI is InChI=1S/C19H24N2O.ClH/c1-15(2)21(14-16-8-4-3-5-9-16)19(22)13-12-17-10-6-7-11-18(17)20;/h3-11,15H,12-14,20H2,1-2H3;1H. The van der Waals surface area contributed by atoms with E-state index in [1.165, 1.54) is 0 Å². The highest BCUT2D eigenvalue weighted by molar-refractivity contribution is 5.85. The predicted molar refractivity (Wildman–Crippen MR) is 98.6 cm³/mol. The second-order valence-corrected chi connectivity index (χ2v) is 5.80. The Hall–Kier alpha value is -2.00. The molecule has 4 heteroatoms. The number of amides is 1. The molecule has 0 atom stereocenters. The largest absolute Gasteiger partial charge is 0.399 e. The number of benzene rings is 2. The predicted octanol–water partition coefficient (Wildman–Crippen LogP) is 4.06. The molecule has 3 nitrogen and oxygen atoms in total. The van der Waals surface area contributed by atoms with Crippen molar-refractivity contribution in [1.82, 2.24) is 4.90 Å². The summed E-state index contributed by atoms with van der Waals surface area (Å²) < 4.78 is 0. The third-order valence-corrected chi connectivity index (χ3v) is 3.80. The molecule has 0 unspecified atom stereocenters. The molecule has 2 N–H and O–H groups in total. The lowest BCUT2D eigenvalue weighted by Crippen LogP contribution is -2.36. The summed E-state index contributed by atoms with van der Waals surface area (Å²) in [7, 11) is 0. The molecule has 0 saturated carbocycles. The zero-order chi connectivity index (χ0) is 15.9. The van der Waals surface area contributed by atoms with Gasteiger partial charge in [0.2, 0.25) is 5.91 Å². The molecule has 0 bridgehead atoms. The first-order valence-corrected chi connectivity index (χ1v) is 7.74. The maximum absolute atomic E-state index is 12.6. The summed E-state index contributed by atoms with van der Waals surface area (Å²) >= 11 is 0. The zero-order valence-electron chi connectivity index (χ0n) is 13.7. The third-order valence-electron chi connectivity index (χ3n) is 3.80. The van der Waals surface area contributed by atoms with Crippen LogP contribution >= 0.6 is 12.4 Å². The Morgan fingerprint density at radius 2 is 1.65 bits per heavy atom. The van der Waals surface area contributed by atoms with E-state index in [1.807, 2.05) is 47.4 Å². The SMILES string of the molecule is CC(C)N(Cc1ccccc1)C(=O)CCc1ccccc1N.Cl. The fourth-order valence-electron chi connectivity index (χ4n) is 2.49. The van der Waals surface area contributed by atoms with Gasteiger partial charge < -0.3 is 10.6 Å². The van der Waals surface area contributed by atoms with Crippen LogP contribution < -0.4 is 5.73 Å². The highest BCUT2D eigenvalue weighted by Gasteiger charge is 2.17. The molecule has 0 saturated heterocycles. The van der Waals surface area contributed by atoms with Gasteiger partial charge in [0, 0.05) is 24.7 Å². The Bertz CT molecular complexity index is 614. The Balaban J connectivity index is 0.00000264. The average Bonchev–Trinajstić information content (AvgIpc) is 2.52. The Morgan fingerprint density at radius 1 is 1.04 bits per heavy atom. The first kappa shape index (κ1) is 19.0. The van der Waals surface area contributed by atoms with Gasteiger partial charge >= 0.3 is 0 Å². The third kappa shape index (κ3) is 5.61. The number of rotatable bonds is 6. The molecule has 0 fully saturated rings. The van der Waals surface area contributed by atoms with E-state index in [0.29, 0.717) is 19.4 Å². The van der Waals surface area contributed by atoms with Crippen LogP contribution in [0.1, 0.15) is 31.4 Å². The molecule has 2 aromatic carbocycles. The minimum absolute atomic E-state index is 0. The van der Waals surface area contributed by atoms with Crippen molar-refractivity contribution in [3.8, 4) is 0 Å². The zero-order valence-corrected chi connectivity index (χ0v) is 14.6. The quantitative estimate of drug-likeness (QED) is 0.811. The summed E-state index contributed by atoms with van der Waals surface area (Å²) in [6, 6.07) is 18.0.